The van der Waals surface area contributed by atoms with Gasteiger partial charge >= 0.3 is 12.4 Å². The van der Waals surface area contributed by atoms with Crippen molar-refractivity contribution >= 4 is 20.2 Å². The Morgan fingerprint density at radius 3 is 1.47 bits per heavy atom. The summed E-state index contributed by atoms with van der Waals surface area (Å²) in [5.74, 6) is 0. The third-order valence-corrected chi connectivity index (χ3v) is 8.13. The maximum absolute atomic E-state index is 13.2. The van der Waals surface area contributed by atoms with Crippen molar-refractivity contribution in [2.75, 3.05) is 6.61 Å². The molecule has 0 aromatic heterocycles. The van der Waals surface area contributed by atoms with E-state index < -0.39 is 75.1 Å². The average Bonchev–Trinajstić information content (AvgIpc) is 2.59. The van der Waals surface area contributed by atoms with Gasteiger partial charge in [-0.3, -0.25) is 8.37 Å². The summed E-state index contributed by atoms with van der Waals surface area (Å²) >= 11 is 0. The van der Waals surface area contributed by atoms with E-state index in [4.69, 9.17) is 0 Å². The summed E-state index contributed by atoms with van der Waals surface area (Å²) in [5.41, 5.74) is 0. The molecule has 0 aromatic rings. The van der Waals surface area contributed by atoms with Gasteiger partial charge in [-0.25, -0.2) is 0 Å². The highest BCUT2D eigenvalue weighted by Crippen LogP contribution is 2.33. The first kappa shape index (κ1) is 31.4. The molecule has 0 amide bonds. The number of unbranched alkanes of at least 4 members (excludes halogenated alkanes) is 4. The van der Waals surface area contributed by atoms with Crippen LogP contribution in [0.1, 0.15) is 78.6 Å². The molecule has 0 spiro atoms. The van der Waals surface area contributed by atoms with Crippen LogP contribution >= 0.6 is 0 Å². The van der Waals surface area contributed by atoms with Gasteiger partial charge in [0.15, 0.2) is 10.5 Å². The maximum atomic E-state index is 13.2. The zero-order chi connectivity index (χ0) is 25.2. The molecule has 0 aliphatic carbocycles. The number of alkyl halides is 6. The van der Waals surface area contributed by atoms with Gasteiger partial charge in [0.1, 0.15) is 0 Å². The van der Waals surface area contributed by atoms with Gasteiger partial charge in [-0.1, -0.05) is 52.4 Å². The Morgan fingerprint density at radius 1 is 0.688 bits per heavy atom. The van der Waals surface area contributed by atoms with Crippen LogP contribution in [0.3, 0.4) is 0 Å². The van der Waals surface area contributed by atoms with Crippen molar-refractivity contribution in [2.24, 2.45) is 0 Å². The molecule has 0 aliphatic rings. The van der Waals surface area contributed by atoms with Gasteiger partial charge in [0.2, 0.25) is 0 Å². The number of hydrogen-bond acceptors (Lipinski definition) is 6. The molecule has 14 heteroatoms. The molecule has 0 saturated heterocycles. The van der Waals surface area contributed by atoms with Crippen molar-refractivity contribution in [3.63, 3.8) is 0 Å². The molecular formula is C18H32F6O6S2. The molecule has 0 saturated carbocycles. The third kappa shape index (κ3) is 11.5. The fourth-order valence-electron chi connectivity index (χ4n) is 2.86. The minimum absolute atomic E-state index is 0.00979. The first-order chi connectivity index (χ1) is 14.5. The second kappa shape index (κ2) is 13.3. The highest BCUT2D eigenvalue weighted by Gasteiger charge is 2.50. The van der Waals surface area contributed by atoms with E-state index in [0.29, 0.717) is 25.7 Å². The van der Waals surface area contributed by atoms with E-state index in [-0.39, 0.29) is 12.8 Å². The lowest BCUT2D eigenvalue weighted by Gasteiger charge is -2.23. The van der Waals surface area contributed by atoms with Gasteiger partial charge in [0.25, 0.3) is 20.2 Å². The van der Waals surface area contributed by atoms with Crippen LogP contribution in [0.25, 0.3) is 0 Å². The van der Waals surface area contributed by atoms with Crippen LogP contribution in [0, 0.1) is 0 Å². The van der Waals surface area contributed by atoms with E-state index in [0.717, 1.165) is 6.92 Å². The summed E-state index contributed by atoms with van der Waals surface area (Å²) in [5, 5.41) is -5.49. The van der Waals surface area contributed by atoms with Crippen molar-refractivity contribution in [3.05, 3.63) is 0 Å². The molecule has 0 fully saturated rings. The summed E-state index contributed by atoms with van der Waals surface area (Å²) in [7, 11) is -10.2. The van der Waals surface area contributed by atoms with Crippen LogP contribution in [0.2, 0.25) is 0 Å². The minimum Gasteiger partial charge on any atom is -0.270 e. The predicted molar refractivity (Wildman–Crippen MR) is 107 cm³/mol. The lowest BCUT2D eigenvalue weighted by Crippen LogP contribution is -2.39. The van der Waals surface area contributed by atoms with E-state index in [1.165, 1.54) is 0 Å². The lowest BCUT2D eigenvalue weighted by atomic mass is 10.1. The van der Waals surface area contributed by atoms with Crippen molar-refractivity contribution in [1.82, 2.24) is 0 Å². The molecule has 0 radical (unpaired) electrons. The largest absolute Gasteiger partial charge is 0.407 e. The molecule has 3 atom stereocenters. The molecule has 194 valence electrons. The van der Waals surface area contributed by atoms with Crippen LogP contribution in [0.15, 0.2) is 0 Å². The second-order valence-electron chi connectivity index (χ2n) is 7.56. The Hall–Kier alpha value is -0.600. The smallest absolute Gasteiger partial charge is 0.270 e. The van der Waals surface area contributed by atoms with E-state index in [1.807, 2.05) is 0 Å². The fraction of sp³-hybridized carbons (Fsp3) is 1.00. The molecule has 0 bridgehead atoms. The normalized spacial score (nSPS) is 16.7. The number of halogens is 6. The Labute approximate surface area is 186 Å². The van der Waals surface area contributed by atoms with E-state index >= 15 is 0 Å². The van der Waals surface area contributed by atoms with Crippen LogP contribution in [-0.2, 0) is 28.6 Å². The van der Waals surface area contributed by atoms with Gasteiger partial charge in [-0.2, -0.15) is 43.2 Å². The van der Waals surface area contributed by atoms with E-state index in [2.05, 4.69) is 8.37 Å². The number of hydrogen-bond donors (Lipinski definition) is 0. The molecule has 0 rings (SSSR count). The summed E-state index contributed by atoms with van der Waals surface area (Å²) < 4.78 is 136. The van der Waals surface area contributed by atoms with Crippen molar-refractivity contribution < 1.29 is 51.5 Å². The zero-order valence-electron chi connectivity index (χ0n) is 18.3. The molecular weight excluding hydrogens is 490 g/mol. The van der Waals surface area contributed by atoms with Crippen molar-refractivity contribution in [2.45, 2.75) is 108 Å². The molecule has 3 unspecified atom stereocenters. The molecule has 0 heterocycles. The molecule has 6 nitrogen and oxygen atoms in total. The van der Waals surface area contributed by atoms with E-state index in [1.54, 1.807) is 13.8 Å². The first-order valence-corrected chi connectivity index (χ1v) is 13.4. The first-order valence-electron chi connectivity index (χ1n) is 10.4. The second-order valence-corrected chi connectivity index (χ2v) is 11.1. The summed E-state index contributed by atoms with van der Waals surface area (Å²) in [6.07, 6.45) is -11.5. The SMILES string of the molecule is CCCCCC(C(F)(F)F)S(=O)(=O)OCCC(C)OS(=O)(=O)C(CCCCC)C(F)(F)F. The van der Waals surface area contributed by atoms with Crippen LogP contribution in [0.4, 0.5) is 26.3 Å². The average molecular weight is 523 g/mol. The van der Waals surface area contributed by atoms with Gasteiger partial charge < -0.3 is 0 Å². The number of rotatable bonds is 16. The fourth-order valence-corrected chi connectivity index (χ4v) is 5.61. The highest BCUT2D eigenvalue weighted by atomic mass is 32.2. The van der Waals surface area contributed by atoms with Crippen LogP contribution in [-0.4, -0.2) is 52.4 Å². The maximum Gasteiger partial charge on any atom is 0.407 e. The van der Waals surface area contributed by atoms with Crippen molar-refractivity contribution in [1.29, 1.82) is 0 Å². The Balaban J connectivity index is 5.03. The van der Waals surface area contributed by atoms with Gasteiger partial charge in [0, 0.05) is 0 Å². The van der Waals surface area contributed by atoms with Crippen LogP contribution in [0.5, 0.6) is 0 Å². The molecule has 32 heavy (non-hydrogen) atoms. The Kier molecular flexibility index (Phi) is 13.1. The Morgan fingerprint density at radius 2 is 1.09 bits per heavy atom. The minimum atomic E-state index is -5.09. The highest BCUT2D eigenvalue weighted by molar-refractivity contribution is 7.87. The standard InChI is InChI=1S/C18H32F6O6S2/c1-4-6-8-10-15(17(19,20)21)31(25,26)29-13-12-14(3)30-32(27,28)16(18(22,23)24)11-9-7-5-2/h14-16H,4-13H2,1-3H3. The van der Waals surface area contributed by atoms with Crippen molar-refractivity contribution in [3.8, 4) is 0 Å². The lowest BCUT2D eigenvalue weighted by molar-refractivity contribution is -0.134. The molecule has 0 N–H and O–H groups in total. The van der Waals surface area contributed by atoms with Gasteiger partial charge in [0.05, 0.1) is 12.7 Å². The van der Waals surface area contributed by atoms with Crippen LogP contribution < -0.4 is 0 Å². The third-order valence-electron chi connectivity index (χ3n) is 4.64. The monoisotopic (exact) mass is 522 g/mol. The predicted octanol–water partition coefficient (Wildman–Crippen LogP) is 5.48. The van der Waals surface area contributed by atoms with Gasteiger partial charge in [-0.15, -0.1) is 0 Å². The topological polar surface area (TPSA) is 86.7 Å². The molecule has 0 aliphatic heterocycles. The Bertz CT molecular complexity index is 734. The van der Waals surface area contributed by atoms with Gasteiger partial charge in [-0.05, 0) is 26.2 Å². The summed E-state index contributed by atoms with van der Waals surface area (Å²) in [6.45, 7) is 3.66. The van der Waals surface area contributed by atoms with E-state index in [9.17, 15) is 43.2 Å². The molecule has 0 aromatic carbocycles. The quantitative estimate of drug-likeness (QED) is 0.152. The summed E-state index contributed by atoms with van der Waals surface area (Å²) in [6, 6.07) is 0. The zero-order valence-corrected chi connectivity index (χ0v) is 20.0. The summed E-state index contributed by atoms with van der Waals surface area (Å²) in [4.78, 5) is 0.